The number of rotatable bonds is 1. The van der Waals surface area contributed by atoms with Gasteiger partial charge in [-0.05, 0) is 44.2 Å². The van der Waals surface area contributed by atoms with Crippen LogP contribution in [-0.2, 0) is 12.8 Å². The molecule has 0 saturated carbocycles. The topological polar surface area (TPSA) is 38.0 Å². The van der Waals surface area contributed by atoms with Gasteiger partial charge in [0, 0.05) is 11.8 Å². The van der Waals surface area contributed by atoms with Crippen LogP contribution in [0.4, 0.5) is 4.39 Å². The van der Waals surface area contributed by atoms with E-state index in [1.807, 2.05) is 6.92 Å². The summed E-state index contributed by atoms with van der Waals surface area (Å²) in [6.07, 6.45) is 4.19. The molecule has 0 amide bonds. The lowest BCUT2D eigenvalue weighted by Crippen LogP contribution is -2.02. The molecule has 2 aromatic rings. The van der Waals surface area contributed by atoms with Gasteiger partial charge < -0.3 is 5.11 Å². The summed E-state index contributed by atoms with van der Waals surface area (Å²) in [5.41, 5.74) is 3.43. The fourth-order valence-corrected chi connectivity index (χ4v) is 2.79. The molecule has 0 spiro atoms. The van der Waals surface area contributed by atoms with Crippen LogP contribution in [0.5, 0.6) is 5.75 Å². The van der Waals surface area contributed by atoms with Gasteiger partial charge in [0.1, 0.15) is 11.4 Å². The van der Waals surface area contributed by atoms with Gasteiger partial charge in [0.05, 0.1) is 10.7 Å². The molecule has 0 unspecified atom stereocenters. The SMILES string of the molecule is Cc1c2c(nn1-c1cc(O)c(Cl)cc1F)CCCC2. The molecule has 0 fully saturated rings. The van der Waals surface area contributed by atoms with Crippen LogP contribution in [-0.4, -0.2) is 14.9 Å². The standard InChI is InChI=1S/C14H14ClFN2O/c1-8-9-4-2-3-5-12(9)17-18(8)13-7-14(19)10(15)6-11(13)16/h6-7,19H,2-5H2,1H3. The van der Waals surface area contributed by atoms with Crippen LogP contribution < -0.4 is 0 Å². The van der Waals surface area contributed by atoms with Crippen LogP contribution in [0, 0.1) is 12.7 Å². The average molecular weight is 281 g/mol. The molecule has 1 aliphatic carbocycles. The zero-order valence-corrected chi connectivity index (χ0v) is 11.3. The summed E-state index contributed by atoms with van der Waals surface area (Å²) in [5, 5.41) is 14.1. The largest absolute Gasteiger partial charge is 0.506 e. The molecular formula is C14H14ClFN2O. The van der Waals surface area contributed by atoms with E-state index in [1.165, 1.54) is 11.6 Å². The molecule has 0 atom stereocenters. The van der Waals surface area contributed by atoms with Crippen LogP contribution in [0.2, 0.25) is 5.02 Å². The fraction of sp³-hybridized carbons (Fsp3) is 0.357. The first-order valence-corrected chi connectivity index (χ1v) is 6.71. The summed E-state index contributed by atoms with van der Waals surface area (Å²) in [6.45, 7) is 1.93. The molecule has 3 rings (SSSR count). The van der Waals surface area contributed by atoms with Crippen LogP contribution in [0.25, 0.3) is 5.69 Å². The molecule has 0 aliphatic heterocycles. The van der Waals surface area contributed by atoms with E-state index in [-0.39, 0.29) is 16.5 Å². The summed E-state index contributed by atoms with van der Waals surface area (Å²) in [4.78, 5) is 0. The van der Waals surface area contributed by atoms with Crippen molar-refractivity contribution in [2.24, 2.45) is 0 Å². The Labute approximate surface area is 115 Å². The molecule has 3 nitrogen and oxygen atoms in total. The molecule has 1 heterocycles. The molecule has 0 bridgehead atoms. The van der Waals surface area contributed by atoms with Gasteiger partial charge in [-0.3, -0.25) is 0 Å². The quantitative estimate of drug-likeness (QED) is 0.867. The third-order valence-electron chi connectivity index (χ3n) is 3.66. The number of nitrogens with zero attached hydrogens (tertiary/aromatic N) is 2. The summed E-state index contributed by atoms with van der Waals surface area (Å²) < 4.78 is 15.6. The normalized spacial score (nSPS) is 14.5. The Morgan fingerprint density at radius 2 is 2.05 bits per heavy atom. The van der Waals surface area contributed by atoms with Crippen molar-refractivity contribution in [2.45, 2.75) is 32.6 Å². The molecular weight excluding hydrogens is 267 g/mol. The number of aromatic nitrogens is 2. The Morgan fingerprint density at radius 3 is 2.79 bits per heavy atom. The predicted octanol–water partition coefficient (Wildman–Crippen LogP) is 3.56. The third-order valence-corrected chi connectivity index (χ3v) is 3.96. The first-order chi connectivity index (χ1) is 9.08. The number of fused-ring (bicyclic) bond motifs is 1. The maximum Gasteiger partial charge on any atom is 0.150 e. The number of aryl methyl sites for hydroxylation is 1. The second-order valence-electron chi connectivity index (χ2n) is 4.88. The lowest BCUT2D eigenvalue weighted by Gasteiger charge is -2.09. The predicted molar refractivity (Wildman–Crippen MR) is 71.6 cm³/mol. The van der Waals surface area contributed by atoms with Crippen molar-refractivity contribution in [3.63, 3.8) is 0 Å². The zero-order chi connectivity index (χ0) is 13.6. The number of hydrogen-bond acceptors (Lipinski definition) is 2. The Morgan fingerprint density at radius 1 is 1.32 bits per heavy atom. The van der Waals surface area contributed by atoms with Gasteiger partial charge in [0.15, 0.2) is 5.82 Å². The van der Waals surface area contributed by atoms with E-state index in [2.05, 4.69) is 5.10 Å². The molecule has 1 aromatic heterocycles. The van der Waals surface area contributed by atoms with Crippen LogP contribution in [0.3, 0.4) is 0 Å². The van der Waals surface area contributed by atoms with E-state index in [9.17, 15) is 9.50 Å². The summed E-state index contributed by atoms with van der Waals surface area (Å²) in [6, 6.07) is 2.44. The van der Waals surface area contributed by atoms with Gasteiger partial charge in [-0.15, -0.1) is 0 Å². The molecule has 1 aliphatic rings. The molecule has 1 aromatic carbocycles. The first-order valence-electron chi connectivity index (χ1n) is 6.33. The van der Waals surface area contributed by atoms with Crippen molar-refractivity contribution < 1.29 is 9.50 Å². The Kier molecular flexibility index (Phi) is 2.97. The van der Waals surface area contributed by atoms with Gasteiger partial charge >= 0.3 is 0 Å². The first kappa shape index (κ1) is 12.5. The van der Waals surface area contributed by atoms with Gasteiger partial charge in [-0.2, -0.15) is 5.10 Å². The van der Waals surface area contributed by atoms with Gasteiger partial charge in [0.25, 0.3) is 0 Å². The van der Waals surface area contributed by atoms with Gasteiger partial charge in [0.2, 0.25) is 0 Å². The van der Waals surface area contributed by atoms with E-state index in [0.717, 1.165) is 43.1 Å². The minimum Gasteiger partial charge on any atom is -0.506 e. The second kappa shape index (κ2) is 4.53. The fourth-order valence-electron chi connectivity index (χ4n) is 2.64. The second-order valence-corrected chi connectivity index (χ2v) is 5.29. The van der Waals surface area contributed by atoms with Crippen molar-refractivity contribution in [3.8, 4) is 11.4 Å². The molecule has 0 radical (unpaired) electrons. The van der Waals surface area contributed by atoms with Crippen molar-refractivity contribution >= 4 is 11.6 Å². The summed E-state index contributed by atoms with van der Waals surface area (Å²) >= 11 is 5.69. The van der Waals surface area contributed by atoms with Crippen molar-refractivity contribution in [3.05, 3.63) is 39.9 Å². The molecule has 5 heteroatoms. The van der Waals surface area contributed by atoms with E-state index in [0.29, 0.717) is 0 Å². The van der Waals surface area contributed by atoms with Gasteiger partial charge in [-0.25, -0.2) is 9.07 Å². The highest BCUT2D eigenvalue weighted by Gasteiger charge is 2.20. The highest BCUT2D eigenvalue weighted by atomic mass is 35.5. The van der Waals surface area contributed by atoms with E-state index < -0.39 is 5.82 Å². The molecule has 19 heavy (non-hydrogen) atoms. The van der Waals surface area contributed by atoms with Crippen LogP contribution in [0.15, 0.2) is 12.1 Å². The minimum absolute atomic E-state index is 0.0100. The number of benzene rings is 1. The average Bonchev–Trinajstić information content (AvgIpc) is 2.72. The highest BCUT2D eigenvalue weighted by Crippen LogP contribution is 2.31. The van der Waals surface area contributed by atoms with Crippen LogP contribution >= 0.6 is 11.6 Å². The maximum atomic E-state index is 14.0. The summed E-state index contributed by atoms with van der Waals surface area (Å²) in [7, 11) is 0. The van der Waals surface area contributed by atoms with E-state index in [1.54, 1.807) is 4.68 Å². The lowest BCUT2D eigenvalue weighted by molar-refractivity contribution is 0.472. The minimum atomic E-state index is -0.481. The third kappa shape index (κ3) is 2.00. The van der Waals surface area contributed by atoms with Crippen molar-refractivity contribution in [1.29, 1.82) is 0 Å². The Balaban J connectivity index is 2.17. The lowest BCUT2D eigenvalue weighted by atomic mass is 9.96. The molecule has 100 valence electrons. The van der Waals surface area contributed by atoms with E-state index in [4.69, 9.17) is 11.6 Å². The number of hydrogen-bond donors (Lipinski definition) is 1. The van der Waals surface area contributed by atoms with Crippen molar-refractivity contribution in [1.82, 2.24) is 9.78 Å². The Hall–Kier alpha value is -1.55. The smallest absolute Gasteiger partial charge is 0.150 e. The number of phenolic OH excluding ortho intramolecular Hbond substituents is 1. The molecule has 1 N–H and O–H groups in total. The highest BCUT2D eigenvalue weighted by molar-refractivity contribution is 6.32. The van der Waals surface area contributed by atoms with Crippen LogP contribution in [0.1, 0.15) is 29.8 Å². The van der Waals surface area contributed by atoms with Crippen molar-refractivity contribution in [2.75, 3.05) is 0 Å². The molecule has 0 saturated heterocycles. The summed E-state index contributed by atoms with van der Waals surface area (Å²) in [5.74, 6) is -0.614. The number of phenols is 1. The number of halogens is 2. The number of aromatic hydroxyl groups is 1. The van der Waals surface area contributed by atoms with E-state index >= 15 is 0 Å². The Bertz CT molecular complexity index is 651. The monoisotopic (exact) mass is 280 g/mol. The maximum absolute atomic E-state index is 14.0. The van der Waals surface area contributed by atoms with Gasteiger partial charge in [-0.1, -0.05) is 11.6 Å². The zero-order valence-electron chi connectivity index (χ0n) is 10.6.